The predicted molar refractivity (Wildman–Crippen MR) is 196 cm³/mol. The van der Waals surface area contributed by atoms with Crippen LogP contribution in [0.15, 0.2) is 48.5 Å². The van der Waals surface area contributed by atoms with Crippen LogP contribution in [0.2, 0.25) is 0 Å². The zero-order valence-corrected chi connectivity index (χ0v) is 29.4. The average Bonchev–Trinajstić information content (AvgIpc) is 3.86. The number of nitrogens with zero attached hydrogens (tertiary/aromatic N) is 5. The first-order valence-corrected chi connectivity index (χ1v) is 18.9. The molecule has 8 nitrogen and oxygen atoms in total. The smallest absolute Gasteiger partial charge is 0.335 e. The second-order valence-corrected chi connectivity index (χ2v) is 15.5. The summed E-state index contributed by atoms with van der Waals surface area (Å²) in [7, 11) is 0. The fourth-order valence-electron chi connectivity index (χ4n) is 8.78. The van der Waals surface area contributed by atoms with Gasteiger partial charge >= 0.3 is 5.97 Å². The van der Waals surface area contributed by atoms with Gasteiger partial charge < -0.3 is 19.5 Å². The third-order valence-electron chi connectivity index (χ3n) is 11.2. The van der Waals surface area contributed by atoms with Crippen LogP contribution in [-0.4, -0.2) is 73.5 Å². The maximum Gasteiger partial charge on any atom is 0.335 e. The van der Waals surface area contributed by atoms with E-state index in [2.05, 4.69) is 44.8 Å². The number of aryl methyl sites for hydroxylation is 2. The summed E-state index contributed by atoms with van der Waals surface area (Å²) in [6.45, 7) is 8.15. The Morgan fingerprint density at radius 1 is 0.857 bits per heavy atom. The van der Waals surface area contributed by atoms with Gasteiger partial charge in [-0.15, -0.1) is 11.3 Å². The molecule has 1 aliphatic carbocycles. The molecule has 8 rings (SSSR count). The Morgan fingerprint density at radius 3 is 2.35 bits per heavy atom. The molecular formula is C40H45N5O3S. The molecule has 3 fully saturated rings. The summed E-state index contributed by atoms with van der Waals surface area (Å²) in [5, 5.41) is 13.2. The van der Waals surface area contributed by atoms with Crippen molar-refractivity contribution in [1.82, 2.24) is 24.3 Å². The molecule has 2 saturated heterocycles. The molecule has 0 spiro atoms. The molecule has 1 amide bonds. The van der Waals surface area contributed by atoms with E-state index in [1.807, 2.05) is 24.8 Å². The lowest BCUT2D eigenvalue weighted by Crippen LogP contribution is -2.46. The molecule has 3 aromatic heterocycles. The van der Waals surface area contributed by atoms with Crippen molar-refractivity contribution in [2.45, 2.75) is 90.1 Å². The van der Waals surface area contributed by atoms with E-state index >= 15 is 0 Å². The Kier molecular flexibility index (Phi) is 8.74. The van der Waals surface area contributed by atoms with Gasteiger partial charge in [0.25, 0.3) is 0 Å². The van der Waals surface area contributed by atoms with E-state index in [0.717, 1.165) is 93.1 Å². The first kappa shape index (κ1) is 32.1. The topological polar surface area (TPSA) is 91.6 Å². The van der Waals surface area contributed by atoms with E-state index in [1.165, 1.54) is 50.8 Å². The van der Waals surface area contributed by atoms with E-state index in [4.69, 9.17) is 4.98 Å². The number of pyridine rings is 1. The molecule has 5 heterocycles. The van der Waals surface area contributed by atoms with Crippen molar-refractivity contribution >= 4 is 45.0 Å². The fourth-order valence-corrected chi connectivity index (χ4v) is 9.67. The van der Waals surface area contributed by atoms with E-state index < -0.39 is 5.97 Å². The maximum absolute atomic E-state index is 14.2. The third-order valence-corrected chi connectivity index (χ3v) is 12.3. The van der Waals surface area contributed by atoms with Crippen LogP contribution in [0.4, 0.5) is 0 Å². The molecular weight excluding hydrogens is 631 g/mol. The van der Waals surface area contributed by atoms with Crippen molar-refractivity contribution in [3.05, 3.63) is 70.4 Å². The number of hydrogen-bond acceptors (Lipinski definition) is 6. The van der Waals surface area contributed by atoms with Gasteiger partial charge in [0, 0.05) is 29.9 Å². The number of carboxylic acid groups (broad SMARTS) is 1. The zero-order chi connectivity index (χ0) is 33.6. The zero-order valence-electron chi connectivity index (χ0n) is 28.6. The van der Waals surface area contributed by atoms with Crippen LogP contribution in [0, 0.1) is 13.8 Å². The lowest BCUT2D eigenvalue weighted by atomic mass is 9.81. The predicted octanol–water partition coefficient (Wildman–Crippen LogP) is 8.43. The van der Waals surface area contributed by atoms with Crippen LogP contribution in [0.25, 0.3) is 43.6 Å². The molecule has 254 valence electrons. The second-order valence-electron chi connectivity index (χ2n) is 14.3. The summed E-state index contributed by atoms with van der Waals surface area (Å²) in [4.78, 5) is 41.8. The molecule has 2 aliphatic heterocycles. The summed E-state index contributed by atoms with van der Waals surface area (Å²) in [5.41, 5.74) is 7.27. The highest BCUT2D eigenvalue weighted by Gasteiger charge is 2.31. The van der Waals surface area contributed by atoms with Crippen LogP contribution in [0.3, 0.4) is 0 Å². The highest BCUT2D eigenvalue weighted by atomic mass is 32.1. The molecule has 1 N–H and O–H groups in total. The molecule has 0 unspecified atom stereocenters. The highest BCUT2D eigenvalue weighted by Crippen LogP contribution is 2.45. The molecule has 0 radical (unpaired) electrons. The number of piperidine rings is 1. The van der Waals surface area contributed by atoms with Crippen molar-refractivity contribution in [2.75, 3.05) is 26.2 Å². The summed E-state index contributed by atoms with van der Waals surface area (Å²) >= 11 is 1.67. The van der Waals surface area contributed by atoms with Crippen LogP contribution < -0.4 is 0 Å². The van der Waals surface area contributed by atoms with Gasteiger partial charge in [0.2, 0.25) is 5.91 Å². The number of fused-ring (bicyclic) bond motifs is 2. The Balaban J connectivity index is 1.22. The number of likely N-dealkylation sites (tertiary alicyclic amines) is 2. The van der Waals surface area contributed by atoms with Crippen molar-refractivity contribution < 1.29 is 14.7 Å². The minimum atomic E-state index is -0.954. The van der Waals surface area contributed by atoms with Crippen LogP contribution >= 0.6 is 11.3 Å². The maximum atomic E-state index is 14.2. The summed E-state index contributed by atoms with van der Waals surface area (Å²) in [5.74, 6) is -0.496. The molecule has 9 heteroatoms. The van der Waals surface area contributed by atoms with Crippen molar-refractivity contribution in [2.24, 2.45) is 0 Å². The fraction of sp³-hybridized carbons (Fsp3) is 0.450. The molecule has 5 aromatic rings. The summed E-state index contributed by atoms with van der Waals surface area (Å²) < 4.78 is 2.15. The minimum absolute atomic E-state index is 0.108. The molecule has 2 aromatic carbocycles. The number of benzene rings is 2. The van der Waals surface area contributed by atoms with Gasteiger partial charge in [-0.2, -0.15) is 0 Å². The number of carbonyl (C=O) groups is 2. The number of aromatic nitrogens is 3. The van der Waals surface area contributed by atoms with Crippen LogP contribution in [0.1, 0.15) is 90.3 Å². The monoisotopic (exact) mass is 675 g/mol. The first-order chi connectivity index (χ1) is 23.8. The summed E-state index contributed by atoms with van der Waals surface area (Å²) in [6.07, 6.45) is 10.4. The number of hydrogen-bond donors (Lipinski definition) is 1. The highest BCUT2D eigenvalue weighted by molar-refractivity contribution is 7.15. The number of thiazole rings is 1. The lowest BCUT2D eigenvalue weighted by molar-refractivity contribution is -0.133. The number of carbonyl (C=O) groups excluding carboxylic acids is 1. The number of rotatable bonds is 7. The Hall–Kier alpha value is -4.08. The Morgan fingerprint density at radius 2 is 1.63 bits per heavy atom. The SMILES string of the molecule is Cc1nc(C)c(-c2ccc3cc(-c4c(C5CCCCC5)c5ccc(C(=O)O)cc5n4CC(=O)N4CCC(N5CCCC5)CC4)ccc3n2)s1. The van der Waals surface area contributed by atoms with Gasteiger partial charge in [-0.1, -0.05) is 37.5 Å². The molecule has 3 aliphatic rings. The van der Waals surface area contributed by atoms with Gasteiger partial charge in [-0.25, -0.2) is 14.8 Å². The Labute approximate surface area is 291 Å². The van der Waals surface area contributed by atoms with Crippen molar-refractivity contribution in [1.29, 1.82) is 0 Å². The van der Waals surface area contributed by atoms with E-state index in [0.29, 0.717) is 12.0 Å². The molecule has 0 bridgehead atoms. The quantitative estimate of drug-likeness (QED) is 0.186. The van der Waals surface area contributed by atoms with Gasteiger partial charge in [0.1, 0.15) is 6.54 Å². The van der Waals surface area contributed by atoms with Crippen LogP contribution in [-0.2, 0) is 11.3 Å². The minimum Gasteiger partial charge on any atom is -0.478 e. The summed E-state index contributed by atoms with van der Waals surface area (Å²) in [6, 6.07) is 16.7. The Bertz CT molecular complexity index is 2040. The lowest BCUT2D eigenvalue weighted by Gasteiger charge is -2.36. The number of carboxylic acids is 1. The number of aromatic carboxylic acids is 1. The molecule has 49 heavy (non-hydrogen) atoms. The van der Waals surface area contributed by atoms with Gasteiger partial charge in [0.05, 0.1) is 43.6 Å². The van der Waals surface area contributed by atoms with E-state index in [1.54, 1.807) is 23.5 Å². The van der Waals surface area contributed by atoms with E-state index in [-0.39, 0.29) is 18.0 Å². The van der Waals surface area contributed by atoms with E-state index in [9.17, 15) is 14.7 Å². The van der Waals surface area contributed by atoms with Crippen molar-refractivity contribution in [3.8, 4) is 21.8 Å². The van der Waals surface area contributed by atoms with Gasteiger partial charge in [0.15, 0.2) is 0 Å². The largest absolute Gasteiger partial charge is 0.478 e. The normalized spacial score (nSPS) is 18.2. The first-order valence-electron chi connectivity index (χ1n) is 18.1. The average molecular weight is 676 g/mol. The molecule has 0 atom stereocenters. The van der Waals surface area contributed by atoms with Gasteiger partial charge in [-0.3, -0.25) is 4.79 Å². The second kappa shape index (κ2) is 13.3. The third kappa shape index (κ3) is 6.16. The molecule has 1 saturated carbocycles. The van der Waals surface area contributed by atoms with Crippen LogP contribution in [0.5, 0.6) is 0 Å². The van der Waals surface area contributed by atoms with Crippen molar-refractivity contribution in [3.63, 3.8) is 0 Å². The number of amides is 1. The standard InChI is InChI=1S/C40H45N5O3S/c1-25-39(49-26(2)41-25)34-15-11-28-22-29(12-14-33(28)42-34)38-37(27-8-4-3-5-9-27)32-13-10-30(40(47)48)23-35(32)45(38)24-36(46)44-20-16-31(17-21-44)43-18-6-7-19-43/h10-15,22-23,27,31H,3-9,16-21,24H2,1-2H3,(H,47,48). The van der Waals surface area contributed by atoms with Gasteiger partial charge in [-0.05, 0) is 113 Å².